The van der Waals surface area contributed by atoms with Gasteiger partial charge in [-0.05, 0) is 37.1 Å². The van der Waals surface area contributed by atoms with Crippen LogP contribution < -0.4 is 15.5 Å². The molecule has 2 aliphatic rings. The van der Waals surface area contributed by atoms with Gasteiger partial charge in [0, 0.05) is 63.1 Å². The van der Waals surface area contributed by atoms with Crippen molar-refractivity contribution >= 4 is 35.1 Å². The van der Waals surface area contributed by atoms with E-state index in [9.17, 15) is 28.0 Å². The summed E-state index contributed by atoms with van der Waals surface area (Å²) in [6.45, 7) is 0.518. The number of piperidine rings is 1. The van der Waals surface area contributed by atoms with Crippen LogP contribution in [0.1, 0.15) is 51.4 Å². The van der Waals surface area contributed by atoms with Crippen molar-refractivity contribution < 1.29 is 28.0 Å². The van der Waals surface area contributed by atoms with Gasteiger partial charge < -0.3 is 10.2 Å². The molecule has 2 saturated heterocycles. The number of alkyl halides is 2. The highest BCUT2D eigenvalue weighted by Gasteiger charge is 2.35. The lowest BCUT2D eigenvalue weighted by molar-refractivity contribution is -0.137. The van der Waals surface area contributed by atoms with Gasteiger partial charge in [0.2, 0.25) is 17.7 Å². The number of nitrogens with one attached hydrogen (secondary N) is 2. The minimum atomic E-state index is -2.66. The molecule has 0 atom stereocenters. The monoisotopic (exact) mass is 450 g/mol. The molecule has 5 amide bonds. The Morgan fingerprint density at radius 1 is 0.969 bits per heavy atom. The van der Waals surface area contributed by atoms with E-state index in [0.29, 0.717) is 50.0 Å². The predicted octanol–water partition coefficient (Wildman–Crippen LogP) is 3.28. The molecule has 0 saturated carbocycles. The second kappa shape index (κ2) is 10.5. The van der Waals surface area contributed by atoms with Gasteiger partial charge in [-0.1, -0.05) is 6.42 Å². The topological polar surface area (TPSA) is 98.8 Å². The summed E-state index contributed by atoms with van der Waals surface area (Å²) in [5, 5.41) is 5.05. The summed E-state index contributed by atoms with van der Waals surface area (Å²) in [6, 6.07) is 6.32. The van der Waals surface area contributed by atoms with Crippen molar-refractivity contribution in [2.24, 2.45) is 0 Å². The van der Waals surface area contributed by atoms with Crippen LogP contribution in [0.15, 0.2) is 24.3 Å². The normalized spacial score (nSPS) is 18.3. The van der Waals surface area contributed by atoms with E-state index in [-0.39, 0.29) is 50.1 Å². The molecule has 2 heterocycles. The quantitative estimate of drug-likeness (QED) is 0.594. The molecule has 2 fully saturated rings. The standard InChI is InChI=1S/C22H28F2N4O4/c23-22(24)11-14-27(15-12-22)20(31)5-3-1-2-4-18(29)25-16-6-8-17(9-7-16)28-13-10-19(30)26-21(28)32/h6-9H,1-5,10-15H2,(H,25,29)(H,26,30,32). The summed E-state index contributed by atoms with van der Waals surface area (Å²) >= 11 is 0. The number of carbonyl (C=O) groups excluding carboxylic acids is 4. The molecule has 0 aromatic heterocycles. The first kappa shape index (κ1) is 23.6. The molecule has 0 aliphatic carbocycles. The van der Waals surface area contributed by atoms with Gasteiger partial charge in [0.25, 0.3) is 5.92 Å². The van der Waals surface area contributed by atoms with Crippen LogP contribution in [-0.2, 0) is 14.4 Å². The van der Waals surface area contributed by atoms with Crippen LogP contribution in [0.2, 0.25) is 0 Å². The highest BCUT2D eigenvalue weighted by molar-refractivity contribution is 6.05. The van der Waals surface area contributed by atoms with E-state index in [1.165, 1.54) is 9.80 Å². The number of anilines is 2. The molecule has 1 aromatic carbocycles. The van der Waals surface area contributed by atoms with Crippen molar-refractivity contribution in [1.82, 2.24) is 10.2 Å². The van der Waals surface area contributed by atoms with E-state index < -0.39 is 12.0 Å². The fraction of sp³-hybridized carbons (Fsp3) is 0.545. The maximum absolute atomic E-state index is 13.2. The molecule has 3 rings (SSSR count). The lowest BCUT2D eigenvalue weighted by Gasteiger charge is -2.31. The van der Waals surface area contributed by atoms with Gasteiger partial charge in [-0.2, -0.15) is 0 Å². The van der Waals surface area contributed by atoms with Crippen molar-refractivity contribution in [3.8, 4) is 0 Å². The second-order valence-electron chi connectivity index (χ2n) is 8.15. The third-order valence-corrected chi connectivity index (χ3v) is 5.66. The van der Waals surface area contributed by atoms with Gasteiger partial charge in [0.05, 0.1) is 0 Å². The molecule has 0 spiro atoms. The zero-order valence-electron chi connectivity index (χ0n) is 17.9. The number of carbonyl (C=O) groups is 4. The van der Waals surface area contributed by atoms with Gasteiger partial charge in [-0.15, -0.1) is 0 Å². The van der Waals surface area contributed by atoms with Crippen LogP contribution in [0.5, 0.6) is 0 Å². The van der Waals surface area contributed by atoms with Crippen molar-refractivity contribution in [3.63, 3.8) is 0 Å². The lowest BCUT2D eigenvalue weighted by atomic mass is 10.1. The minimum absolute atomic E-state index is 0.100. The highest BCUT2D eigenvalue weighted by atomic mass is 19.3. The number of urea groups is 1. The Hall–Kier alpha value is -3.04. The van der Waals surface area contributed by atoms with Gasteiger partial charge in [-0.25, -0.2) is 13.6 Å². The number of unbranched alkanes of at least 4 members (excludes halogenated alkanes) is 2. The van der Waals surface area contributed by atoms with E-state index in [0.717, 1.165) is 0 Å². The highest BCUT2D eigenvalue weighted by Crippen LogP contribution is 2.28. The van der Waals surface area contributed by atoms with E-state index in [4.69, 9.17) is 0 Å². The fourth-order valence-electron chi connectivity index (χ4n) is 3.74. The van der Waals surface area contributed by atoms with Gasteiger partial charge in [-0.3, -0.25) is 24.6 Å². The molecule has 0 unspecified atom stereocenters. The van der Waals surface area contributed by atoms with Gasteiger partial charge in [0.1, 0.15) is 0 Å². The number of hydrogen-bond acceptors (Lipinski definition) is 4. The molecule has 10 heteroatoms. The molecule has 2 aliphatic heterocycles. The number of hydrogen-bond donors (Lipinski definition) is 2. The minimum Gasteiger partial charge on any atom is -0.342 e. The van der Waals surface area contributed by atoms with E-state index in [1.807, 2.05) is 0 Å². The molecular weight excluding hydrogens is 422 g/mol. The number of benzene rings is 1. The van der Waals surface area contributed by atoms with Crippen LogP contribution in [0.25, 0.3) is 0 Å². The maximum atomic E-state index is 13.2. The summed E-state index contributed by atoms with van der Waals surface area (Å²) < 4.78 is 26.3. The SMILES string of the molecule is O=C1CCN(c2ccc(NC(=O)CCCCCC(=O)N3CCC(F)(F)CC3)cc2)C(=O)N1. The van der Waals surface area contributed by atoms with E-state index in [2.05, 4.69) is 10.6 Å². The van der Waals surface area contributed by atoms with E-state index >= 15 is 0 Å². The average Bonchev–Trinajstić information content (AvgIpc) is 2.74. The first-order chi connectivity index (χ1) is 15.2. The molecule has 8 nitrogen and oxygen atoms in total. The number of imide groups is 1. The van der Waals surface area contributed by atoms with Crippen LogP contribution in [-0.4, -0.2) is 54.2 Å². The number of rotatable bonds is 8. The summed E-state index contributed by atoms with van der Waals surface area (Å²) in [6.07, 6.45) is 2.25. The smallest absolute Gasteiger partial charge is 0.328 e. The van der Waals surface area contributed by atoms with Gasteiger partial charge >= 0.3 is 6.03 Å². The third-order valence-electron chi connectivity index (χ3n) is 5.66. The molecule has 174 valence electrons. The molecule has 0 radical (unpaired) electrons. The zero-order valence-corrected chi connectivity index (χ0v) is 17.9. The first-order valence-electron chi connectivity index (χ1n) is 10.9. The zero-order chi connectivity index (χ0) is 23.1. The Morgan fingerprint density at radius 2 is 1.62 bits per heavy atom. The van der Waals surface area contributed by atoms with Crippen molar-refractivity contribution in [3.05, 3.63) is 24.3 Å². The Balaban J connectivity index is 1.32. The fourth-order valence-corrected chi connectivity index (χ4v) is 3.74. The molecule has 0 bridgehead atoms. The van der Waals surface area contributed by atoms with Crippen LogP contribution in [0.3, 0.4) is 0 Å². The molecular formula is C22H28F2N4O4. The van der Waals surface area contributed by atoms with Crippen molar-refractivity contribution in [1.29, 1.82) is 0 Å². The number of amides is 5. The van der Waals surface area contributed by atoms with Crippen molar-refractivity contribution in [2.45, 2.75) is 57.3 Å². The third kappa shape index (κ3) is 6.73. The van der Waals surface area contributed by atoms with Crippen molar-refractivity contribution in [2.75, 3.05) is 29.9 Å². The molecule has 2 N–H and O–H groups in total. The van der Waals surface area contributed by atoms with E-state index in [1.54, 1.807) is 24.3 Å². The lowest BCUT2D eigenvalue weighted by Crippen LogP contribution is -2.49. The number of likely N-dealkylation sites (tertiary alicyclic amines) is 1. The number of nitrogens with zero attached hydrogens (tertiary/aromatic N) is 2. The van der Waals surface area contributed by atoms with Crippen LogP contribution in [0, 0.1) is 0 Å². The Labute approximate surface area is 185 Å². The second-order valence-corrected chi connectivity index (χ2v) is 8.15. The summed E-state index contributed by atoms with van der Waals surface area (Å²) in [7, 11) is 0. The Bertz CT molecular complexity index is 850. The summed E-state index contributed by atoms with van der Waals surface area (Å²) in [5.41, 5.74) is 1.24. The Kier molecular flexibility index (Phi) is 7.76. The van der Waals surface area contributed by atoms with Crippen LogP contribution in [0.4, 0.5) is 25.0 Å². The average molecular weight is 450 g/mol. The van der Waals surface area contributed by atoms with Gasteiger partial charge in [0.15, 0.2) is 0 Å². The number of halogens is 2. The first-order valence-corrected chi connectivity index (χ1v) is 10.9. The maximum Gasteiger partial charge on any atom is 0.328 e. The molecule has 1 aromatic rings. The largest absolute Gasteiger partial charge is 0.342 e. The predicted molar refractivity (Wildman–Crippen MR) is 114 cm³/mol. The summed E-state index contributed by atoms with van der Waals surface area (Å²) in [5.74, 6) is -3.20. The molecule has 32 heavy (non-hydrogen) atoms. The Morgan fingerprint density at radius 3 is 2.28 bits per heavy atom. The van der Waals surface area contributed by atoms with Crippen LogP contribution >= 0.6 is 0 Å². The summed E-state index contributed by atoms with van der Waals surface area (Å²) in [4.78, 5) is 50.3.